The van der Waals surface area contributed by atoms with Gasteiger partial charge in [0.15, 0.2) is 0 Å². The summed E-state index contributed by atoms with van der Waals surface area (Å²) >= 11 is 0. The maximum absolute atomic E-state index is 8.87. The van der Waals surface area contributed by atoms with Gasteiger partial charge in [0.1, 0.15) is 0 Å². The topological polar surface area (TPSA) is 20.2 Å². The van der Waals surface area contributed by atoms with Crippen LogP contribution in [0.4, 0.5) is 0 Å². The van der Waals surface area contributed by atoms with Crippen LogP contribution in [0.15, 0.2) is 24.3 Å². The second-order valence-corrected chi connectivity index (χ2v) is 3.82. The molecule has 0 amide bonds. The number of rotatable bonds is 4. The van der Waals surface area contributed by atoms with Gasteiger partial charge in [-0.3, -0.25) is 0 Å². The zero-order chi connectivity index (χ0) is 9.68. The Hall–Kier alpha value is -0.820. The lowest BCUT2D eigenvalue weighted by molar-refractivity contribution is 0.230. The van der Waals surface area contributed by atoms with Gasteiger partial charge in [-0.05, 0) is 31.2 Å². The molecule has 0 saturated heterocycles. The average molecular weight is 178 g/mol. The summed E-state index contributed by atoms with van der Waals surface area (Å²) in [4.78, 5) is 0. The van der Waals surface area contributed by atoms with E-state index in [0.717, 1.165) is 12.8 Å². The first-order valence-corrected chi connectivity index (χ1v) is 4.88. The smallest absolute Gasteiger partial charge is 0.0456 e. The molecule has 0 radical (unpaired) electrons. The van der Waals surface area contributed by atoms with Gasteiger partial charge in [-0.2, -0.15) is 0 Å². The molecule has 1 unspecified atom stereocenters. The molecule has 1 aromatic rings. The highest BCUT2D eigenvalue weighted by atomic mass is 16.3. The second kappa shape index (κ2) is 5.03. The first kappa shape index (κ1) is 10.3. The fraction of sp³-hybridized carbons (Fsp3) is 0.500. The molecule has 1 rings (SSSR count). The van der Waals surface area contributed by atoms with E-state index in [1.165, 1.54) is 11.1 Å². The van der Waals surface area contributed by atoms with E-state index in [1.807, 2.05) is 0 Å². The first-order chi connectivity index (χ1) is 6.22. The summed E-state index contributed by atoms with van der Waals surface area (Å²) in [5.41, 5.74) is 2.69. The van der Waals surface area contributed by atoms with E-state index in [2.05, 4.69) is 38.1 Å². The van der Waals surface area contributed by atoms with E-state index in [9.17, 15) is 0 Å². The number of aliphatic hydroxyl groups is 1. The highest BCUT2D eigenvalue weighted by Crippen LogP contribution is 2.10. The molecule has 1 heteroatoms. The number of aliphatic hydroxyl groups excluding tert-OH is 1. The summed E-state index contributed by atoms with van der Waals surface area (Å²) in [6, 6.07) is 8.56. The minimum atomic E-state index is 0.297. The monoisotopic (exact) mass is 178 g/mol. The van der Waals surface area contributed by atoms with Crippen LogP contribution >= 0.6 is 0 Å². The van der Waals surface area contributed by atoms with Crippen molar-refractivity contribution in [2.75, 3.05) is 6.61 Å². The molecule has 0 aliphatic rings. The zero-order valence-electron chi connectivity index (χ0n) is 8.46. The molecule has 1 nitrogen and oxygen atoms in total. The third-order valence-corrected chi connectivity index (χ3v) is 2.32. The van der Waals surface area contributed by atoms with E-state index >= 15 is 0 Å². The highest BCUT2D eigenvalue weighted by molar-refractivity contribution is 5.22. The average Bonchev–Trinajstić information content (AvgIpc) is 2.14. The van der Waals surface area contributed by atoms with E-state index in [1.54, 1.807) is 0 Å². The van der Waals surface area contributed by atoms with Gasteiger partial charge in [0.2, 0.25) is 0 Å². The number of hydrogen-bond donors (Lipinski definition) is 1. The summed E-state index contributed by atoms with van der Waals surface area (Å²) in [6.07, 6.45) is 2.14. The van der Waals surface area contributed by atoms with Crippen LogP contribution < -0.4 is 0 Å². The molecule has 0 aliphatic carbocycles. The summed E-state index contributed by atoms with van der Waals surface area (Å²) in [6.45, 7) is 4.49. The molecule has 1 aromatic carbocycles. The van der Waals surface area contributed by atoms with Crippen molar-refractivity contribution in [3.05, 3.63) is 35.4 Å². The Morgan fingerprint density at radius 3 is 2.77 bits per heavy atom. The van der Waals surface area contributed by atoms with Gasteiger partial charge in [0.05, 0.1) is 0 Å². The predicted octanol–water partition coefficient (Wildman–Crippen LogP) is 2.56. The standard InChI is InChI=1S/C12H18O/c1-10-4-3-5-12(8-10)7-6-11(2)9-13/h3-5,8,11,13H,6-7,9H2,1-2H3. The van der Waals surface area contributed by atoms with Crippen LogP contribution in [0.5, 0.6) is 0 Å². The minimum Gasteiger partial charge on any atom is -0.396 e. The van der Waals surface area contributed by atoms with Crippen LogP contribution in [0.25, 0.3) is 0 Å². The number of aryl methyl sites for hydroxylation is 2. The molecule has 1 atom stereocenters. The fourth-order valence-electron chi connectivity index (χ4n) is 1.37. The van der Waals surface area contributed by atoms with Crippen molar-refractivity contribution in [2.45, 2.75) is 26.7 Å². The molecule has 0 saturated carbocycles. The van der Waals surface area contributed by atoms with Crippen molar-refractivity contribution >= 4 is 0 Å². The van der Waals surface area contributed by atoms with Crippen LogP contribution in [0, 0.1) is 12.8 Å². The molecule has 13 heavy (non-hydrogen) atoms. The Bertz CT molecular complexity index is 255. The molecule has 0 heterocycles. The van der Waals surface area contributed by atoms with Gasteiger partial charge < -0.3 is 5.11 Å². The molecule has 0 bridgehead atoms. The van der Waals surface area contributed by atoms with Crippen LogP contribution in [-0.4, -0.2) is 11.7 Å². The van der Waals surface area contributed by atoms with Gasteiger partial charge in [-0.25, -0.2) is 0 Å². The molecule has 1 N–H and O–H groups in total. The Kier molecular flexibility index (Phi) is 3.97. The molecule has 0 aromatic heterocycles. The maximum atomic E-state index is 8.87. The van der Waals surface area contributed by atoms with Crippen molar-refractivity contribution in [1.82, 2.24) is 0 Å². The normalized spacial score (nSPS) is 12.8. The minimum absolute atomic E-state index is 0.297. The Labute approximate surface area is 80.4 Å². The molecule has 0 aliphatic heterocycles. The van der Waals surface area contributed by atoms with Crippen molar-refractivity contribution in [2.24, 2.45) is 5.92 Å². The lowest BCUT2D eigenvalue weighted by atomic mass is 10.0. The second-order valence-electron chi connectivity index (χ2n) is 3.82. The fourth-order valence-corrected chi connectivity index (χ4v) is 1.37. The SMILES string of the molecule is Cc1cccc(CCC(C)CO)c1. The third-order valence-electron chi connectivity index (χ3n) is 2.32. The molecular weight excluding hydrogens is 160 g/mol. The van der Waals surface area contributed by atoms with Gasteiger partial charge in [0.25, 0.3) is 0 Å². The van der Waals surface area contributed by atoms with E-state index in [4.69, 9.17) is 5.11 Å². The zero-order valence-corrected chi connectivity index (χ0v) is 8.46. The van der Waals surface area contributed by atoms with Crippen molar-refractivity contribution < 1.29 is 5.11 Å². The van der Waals surface area contributed by atoms with Crippen LogP contribution in [0.2, 0.25) is 0 Å². The Morgan fingerprint density at radius 1 is 1.38 bits per heavy atom. The number of hydrogen-bond acceptors (Lipinski definition) is 1. The molecule has 0 fully saturated rings. The summed E-state index contributed by atoms with van der Waals surface area (Å²) in [7, 11) is 0. The lowest BCUT2D eigenvalue weighted by Crippen LogP contribution is -2.02. The van der Waals surface area contributed by atoms with Crippen molar-refractivity contribution in [3.8, 4) is 0 Å². The first-order valence-electron chi connectivity index (χ1n) is 4.88. The predicted molar refractivity (Wildman–Crippen MR) is 55.7 cm³/mol. The summed E-state index contributed by atoms with van der Waals surface area (Å²) in [5.74, 6) is 0.417. The largest absolute Gasteiger partial charge is 0.396 e. The number of benzene rings is 1. The quantitative estimate of drug-likeness (QED) is 0.751. The Balaban J connectivity index is 2.45. The molecular formula is C12H18O. The summed E-state index contributed by atoms with van der Waals surface area (Å²) in [5, 5.41) is 8.87. The van der Waals surface area contributed by atoms with Gasteiger partial charge >= 0.3 is 0 Å². The van der Waals surface area contributed by atoms with E-state index in [0.29, 0.717) is 12.5 Å². The van der Waals surface area contributed by atoms with Gasteiger partial charge in [-0.15, -0.1) is 0 Å². The van der Waals surface area contributed by atoms with E-state index in [-0.39, 0.29) is 0 Å². The van der Waals surface area contributed by atoms with Gasteiger partial charge in [0, 0.05) is 6.61 Å². The van der Waals surface area contributed by atoms with Crippen LogP contribution in [0.3, 0.4) is 0 Å². The van der Waals surface area contributed by atoms with E-state index < -0.39 is 0 Å². The molecule has 0 spiro atoms. The maximum Gasteiger partial charge on any atom is 0.0456 e. The Morgan fingerprint density at radius 2 is 2.15 bits per heavy atom. The van der Waals surface area contributed by atoms with Crippen LogP contribution in [0.1, 0.15) is 24.5 Å². The van der Waals surface area contributed by atoms with Gasteiger partial charge in [-0.1, -0.05) is 36.8 Å². The molecule has 72 valence electrons. The van der Waals surface area contributed by atoms with Crippen molar-refractivity contribution in [1.29, 1.82) is 0 Å². The highest BCUT2D eigenvalue weighted by Gasteiger charge is 2.00. The summed E-state index contributed by atoms with van der Waals surface area (Å²) < 4.78 is 0. The van der Waals surface area contributed by atoms with Crippen LogP contribution in [-0.2, 0) is 6.42 Å². The van der Waals surface area contributed by atoms with Crippen molar-refractivity contribution in [3.63, 3.8) is 0 Å². The lowest BCUT2D eigenvalue weighted by Gasteiger charge is -2.07. The third kappa shape index (κ3) is 3.60.